The van der Waals surface area contributed by atoms with Crippen LogP contribution in [-0.4, -0.2) is 17.0 Å². The van der Waals surface area contributed by atoms with E-state index in [2.05, 4.69) is 5.32 Å². The molecule has 22 heavy (non-hydrogen) atoms. The predicted molar refractivity (Wildman–Crippen MR) is 80.5 cm³/mol. The van der Waals surface area contributed by atoms with Crippen molar-refractivity contribution in [3.05, 3.63) is 64.1 Å². The van der Waals surface area contributed by atoms with Gasteiger partial charge in [0.15, 0.2) is 0 Å². The summed E-state index contributed by atoms with van der Waals surface area (Å²) in [6.45, 7) is 0.574. The topological polar surface area (TPSA) is 34.0 Å². The number of anilines is 1. The highest BCUT2D eigenvalue weighted by atomic mass is 35.5. The first-order valence-electron chi connectivity index (χ1n) is 6.57. The van der Waals surface area contributed by atoms with Crippen LogP contribution in [0.15, 0.2) is 47.4 Å². The molecule has 1 aromatic heterocycles. The summed E-state index contributed by atoms with van der Waals surface area (Å²) in [4.78, 5) is 11.8. The number of nitrogens with one attached hydrogen (secondary N) is 1. The van der Waals surface area contributed by atoms with E-state index in [0.717, 1.165) is 28.6 Å². The fourth-order valence-corrected chi connectivity index (χ4v) is 2.11. The summed E-state index contributed by atoms with van der Waals surface area (Å²) in [5.74, 6) is 0.401. The smallest absolute Gasteiger partial charge is 0.384 e. The summed E-state index contributed by atoms with van der Waals surface area (Å²) in [6.07, 6.45) is -3.65. The van der Waals surface area contributed by atoms with Gasteiger partial charge in [0.05, 0.1) is 12.1 Å². The first-order valence-corrected chi connectivity index (χ1v) is 7.10. The summed E-state index contributed by atoms with van der Waals surface area (Å²) >= 11 is 5.62. The van der Waals surface area contributed by atoms with Crippen molar-refractivity contribution in [3.8, 4) is 0 Å². The van der Waals surface area contributed by atoms with Gasteiger partial charge < -0.3 is 9.88 Å². The van der Waals surface area contributed by atoms with Gasteiger partial charge in [-0.3, -0.25) is 4.79 Å². The van der Waals surface area contributed by atoms with E-state index in [1.165, 1.54) is 0 Å². The SMILES string of the molecule is O=c1ccc(C(F)(F)F)cn1Cc1ccccc1NCCCl. The lowest BCUT2D eigenvalue weighted by Gasteiger charge is -2.14. The van der Waals surface area contributed by atoms with Crippen molar-refractivity contribution in [1.29, 1.82) is 0 Å². The lowest BCUT2D eigenvalue weighted by molar-refractivity contribution is -0.138. The monoisotopic (exact) mass is 330 g/mol. The average Bonchev–Trinajstić information content (AvgIpc) is 2.47. The third-order valence-electron chi connectivity index (χ3n) is 3.08. The minimum Gasteiger partial charge on any atom is -0.384 e. The molecule has 0 aliphatic carbocycles. The maximum Gasteiger partial charge on any atom is 0.417 e. The van der Waals surface area contributed by atoms with Gasteiger partial charge in [-0.2, -0.15) is 13.2 Å². The van der Waals surface area contributed by atoms with Crippen LogP contribution in [0.25, 0.3) is 0 Å². The Morgan fingerprint density at radius 3 is 2.55 bits per heavy atom. The quantitative estimate of drug-likeness (QED) is 0.850. The number of aromatic nitrogens is 1. The highest BCUT2D eigenvalue weighted by molar-refractivity contribution is 6.18. The molecule has 0 aliphatic heterocycles. The summed E-state index contributed by atoms with van der Waals surface area (Å²) in [7, 11) is 0. The Morgan fingerprint density at radius 2 is 1.86 bits per heavy atom. The molecular weight excluding hydrogens is 317 g/mol. The second kappa shape index (κ2) is 6.87. The Balaban J connectivity index is 2.33. The normalized spacial score (nSPS) is 11.5. The maximum absolute atomic E-state index is 12.7. The van der Waals surface area contributed by atoms with Crippen LogP contribution in [0.3, 0.4) is 0 Å². The van der Waals surface area contributed by atoms with Crippen molar-refractivity contribution >= 4 is 17.3 Å². The summed E-state index contributed by atoms with van der Waals surface area (Å²) < 4.78 is 39.3. The highest BCUT2D eigenvalue weighted by Gasteiger charge is 2.31. The number of rotatable bonds is 5. The van der Waals surface area contributed by atoms with Crippen LogP contribution >= 0.6 is 11.6 Å². The van der Waals surface area contributed by atoms with E-state index in [0.29, 0.717) is 18.0 Å². The van der Waals surface area contributed by atoms with Gasteiger partial charge in [-0.1, -0.05) is 18.2 Å². The molecule has 7 heteroatoms. The zero-order valence-electron chi connectivity index (χ0n) is 11.5. The Morgan fingerprint density at radius 1 is 1.14 bits per heavy atom. The fraction of sp³-hybridized carbons (Fsp3) is 0.267. The third-order valence-corrected chi connectivity index (χ3v) is 3.27. The van der Waals surface area contributed by atoms with Gasteiger partial charge in [-0.05, 0) is 17.7 Å². The van der Waals surface area contributed by atoms with Crippen LogP contribution in [0.5, 0.6) is 0 Å². The number of halogens is 4. The second-order valence-corrected chi connectivity index (χ2v) is 5.03. The van der Waals surface area contributed by atoms with Gasteiger partial charge in [0.2, 0.25) is 0 Å². The molecule has 0 bridgehead atoms. The molecule has 1 N–H and O–H groups in total. The van der Waals surface area contributed by atoms with E-state index in [9.17, 15) is 18.0 Å². The Labute approximate surface area is 130 Å². The minimum absolute atomic E-state index is 0.0498. The number of hydrogen-bond acceptors (Lipinski definition) is 2. The number of pyridine rings is 1. The molecule has 0 aliphatic rings. The van der Waals surface area contributed by atoms with Crippen molar-refractivity contribution in [1.82, 2.24) is 4.57 Å². The van der Waals surface area contributed by atoms with E-state index < -0.39 is 17.3 Å². The molecule has 2 aromatic rings. The molecule has 0 atom stereocenters. The number of nitrogens with zero attached hydrogens (tertiary/aromatic N) is 1. The fourth-order valence-electron chi connectivity index (χ4n) is 2.02. The molecular formula is C15H14ClF3N2O. The van der Waals surface area contributed by atoms with Crippen LogP contribution in [0, 0.1) is 0 Å². The second-order valence-electron chi connectivity index (χ2n) is 4.65. The van der Waals surface area contributed by atoms with E-state index >= 15 is 0 Å². The first-order chi connectivity index (χ1) is 10.4. The number of alkyl halides is 4. The molecule has 2 rings (SSSR count). The Bertz CT molecular complexity index is 698. The van der Waals surface area contributed by atoms with Crippen molar-refractivity contribution in [3.63, 3.8) is 0 Å². The van der Waals surface area contributed by atoms with Crippen molar-refractivity contribution in [2.24, 2.45) is 0 Å². The summed E-state index contributed by atoms with van der Waals surface area (Å²) in [5, 5.41) is 3.08. The lowest BCUT2D eigenvalue weighted by Crippen LogP contribution is -2.22. The van der Waals surface area contributed by atoms with E-state index in [-0.39, 0.29) is 6.54 Å². The molecule has 0 saturated carbocycles. The van der Waals surface area contributed by atoms with Crippen LogP contribution in [0.4, 0.5) is 18.9 Å². The molecule has 3 nitrogen and oxygen atoms in total. The summed E-state index contributed by atoms with van der Waals surface area (Å²) in [5.41, 5.74) is 0.125. The lowest BCUT2D eigenvalue weighted by atomic mass is 10.1. The summed E-state index contributed by atoms with van der Waals surface area (Å²) in [6, 6.07) is 8.83. The molecule has 0 amide bonds. The van der Waals surface area contributed by atoms with Gasteiger partial charge in [0.25, 0.3) is 5.56 Å². The van der Waals surface area contributed by atoms with Gasteiger partial charge in [-0.15, -0.1) is 11.6 Å². The molecule has 0 radical (unpaired) electrons. The average molecular weight is 331 g/mol. The van der Waals surface area contributed by atoms with Crippen molar-refractivity contribution in [2.45, 2.75) is 12.7 Å². The molecule has 1 heterocycles. The molecule has 0 saturated heterocycles. The molecule has 0 fully saturated rings. The van der Waals surface area contributed by atoms with Gasteiger partial charge in [-0.25, -0.2) is 0 Å². The number of para-hydroxylation sites is 1. The predicted octanol–water partition coefficient (Wildman–Crippen LogP) is 3.57. The van der Waals surface area contributed by atoms with E-state index in [4.69, 9.17) is 11.6 Å². The maximum atomic E-state index is 12.7. The number of benzene rings is 1. The van der Waals surface area contributed by atoms with E-state index in [1.807, 2.05) is 0 Å². The highest BCUT2D eigenvalue weighted by Crippen LogP contribution is 2.28. The molecule has 0 unspecified atom stereocenters. The van der Waals surface area contributed by atoms with Gasteiger partial charge in [0.1, 0.15) is 0 Å². The van der Waals surface area contributed by atoms with E-state index in [1.54, 1.807) is 24.3 Å². The largest absolute Gasteiger partial charge is 0.417 e. The Hall–Kier alpha value is -1.95. The van der Waals surface area contributed by atoms with Gasteiger partial charge in [0, 0.05) is 30.4 Å². The third kappa shape index (κ3) is 4.04. The van der Waals surface area contributed by atoms with Crippen molar-refractivity contribution < 1.29 is 13.2 Å². The Kier molecular flexibility index (Phi) is 5.13. The number of hydrogen-bond donors (Lipinski definition) is 1. The minimum atomic E-state index is -4.48. The first kappa shape index (κ1) is 16.4. The molecule has 0 spiro atoms. The van der Waals surface area contributed by atoms with Gasteiger partial charge >= 0.3 is 6.18 Å². The molecule has 118 valence electrons. The zero-order chi connectivity index (χ0) is 16.2. The molecule has 1 aromatic carbocycles. The zero-order valence-corrected chi connectivity index (χ0v) is 12.3. The van der Waals surface area contributed by atoms with Crippen molar-refractivity contribution in [2.75, 3.05) is 17.7 Å². The standard InChI is InChI=1S/C15H14ClF3N2O/c16-7-8-20-13-4-2-1-3-11(13)9-21-10-12(15(17,18)19)5-6-14(21)22/h1-6,10,20H,7-9H2. The van der Waals surface area contributed by atoms with Crippen LogP contribution < -0.4 is 10.9 Å². The van der Waals surface area contributed by atoms with Crippen LogP contribution in [0.1, 0.15) is 11.1 Å². The van der Waals surface area contributed by atoms with Crippen LogP contribution in [-0.2, 0) is 12.7 Å². The van der Waals surface area contributed by atoms with Crippen LogP contribution in [0.2, 0.25) is 0 Å².